The number of nitrogens with zero attached hydrogens (tertiary/aromatic N) is 2. The molecule has 192 valence electrons. The first-order valence-electron chi connectivity index (χ1n) is 11.5. The van der Waals surface area contributed by atoms with E-state index in [2.05, 4.69) is 5.32 Å². The second-order valence-corrected chi connectivity index (χ2v) is 10.9. The van der Waals surface area contributed by atoms with Crippen LogP contribution in [0.15, 0.2) is 48.5 Å². The standard InChI is InChI=1S/C25H33ClFN3O4S/c1-5-22(25(32)28-18(2)3)29(17-19-11-6-7-12-20(19)26)24(31)15-10-16-30(35(4,33)34)23-14-9-8-13-21(23)27/h6-9,11-14,18,22H,5,10,15-17H2,1-4H3,(H,28,32). The third-order valence-electron chi connectivity index (χ3n) is 5.39. The molecular weight excluding hydrogens is 493 g/mol. The molecule has 2 amide bonds. The van der Waals surface area contributed by atoms with Crippen molar-refractivity contribution in [2.45, 2.75) is 58.7 Å². The second-order valence-electron chi connectivity index (χ2n) is 8.59. The van der Waals surface area contributed by atoms with Gasteiger partial charge in [-0.05, 0) is 50.5 Å². The van der Waals surface area contributed by atoms with Gasteiger partial charge in [0.15, 0.2) is 0 Å². The van der Waals surface area contributed by atoms with Crippen LogP contribution in [0.25, 0.3) is 0 Å². The molecule has 10 heteroatoms. The summed E-state index contributed by atoms with van der Waals surface area (Å²) in [5.74, 6) is -1.26. The maximum absolute atomic E-state index is 14.3. The zero-order valence-corrected chi connectivity index (χ0v) is 22.1. The fourth-order valence-corrected chi connectivity index (χ4v) is 4.91. The monoisotopic (exact) mass is 525 g/mol. The summed E-state index contributed by atoms with van der Waals surface area (Å²) in [5, 5.41) is 3.34. The number of nitrogens with one attached hydrogen (secondary N) is 1. The van der Waals surface area contributed by atoms with Crippen LogP contribution in [-0.2, 0) is 26.2 Å². The van der Waals surface area contributed by atoms with Crippen molar-refractivity contribution in [1.82, 2.24) is 10.2 Å². The van der Waals surface area contributed by atoms with E-state index in [-0.39, 0.29) is 49.5 Å². The van der Waals surface area contributed by atoms with E-state index in [1.165, 1.54) is 23.1 Å². The van der Waals surface area contributed by atoms with Crippen LogP contribution in [0.3, 0.4) is 0 Å². The summed E-state index contributed by atoms with van der Waals surface area (Å²) in [7, 11) is -3.77. The molecule has 7 nitrogen and oxygen atoms in total. The van der Waals surface area contributed by atoms with Gasteiger partial charge in [-0.3, -0.25) is 13.9 Å². The molecule has 0 aliphatic carbocycles. The zero-order chi connectivity index (χ0) is 26.2. The molecule has 0 aliphatic heterocycles. The van der Waals surface area contributed by atoms with E-state index in [1.807, 2.05) is 20.8 Å². The van der Waals surface area contributed by atoms with Gasteiger partial charge in [0.05, 0.1) is 11.9 Å². The molecule has 0 heterocycles. The number of rotatable bonds is 12. The van der Waals surface area contributed by atoms with Gasteiger partial charge >= 0.3 is 0 Å². The number of hydrogen-bond donors (Lipinski definition) is 1. The maximum Gasteiger partial charge on any atom is 0.243 e. The minimum atomic E-state index is -3.77. The summed E-state index contributed by atoms with van der Waals surface area (Å²) in [5.41, 5.74) is 0.626. The van der Waals surface area contributed by atoms with Crippen molar-refractivity contribution in [1.29, 1.82) is 0 Å². The number of benzene rings is 2. The van der Waals surface area contributed by atoms with Crippen molar-refractivity contribution in [2.75, 3.05) is 17.1 Å². The van der Waals surface area contributed by atoms with Crippen molar-refractivity contribution in [3.63, 3.8) is 0 Å². The molecule has 1 unspecified atom stereocenters. The second kappa shape index (κ2) is 12.9. The molecular formula is C25H33ClFN3O4S. The minimum absolute atomic E-state index is 0.0314. The number of carbonyl (C=O) groups excluding carboxylic acids is 2. The van der Waals surface area contributed by atoms with Crippen LogP contribution in [0.4, 0.5) is 10.1 Å². The van der Waals surface area contributed by atoms with Gasteiger partial charge in [0.25, 0.3) is 0 Å². The summed E-state index contributed by atoms with van der Waals surface area (Å²) in [4.78, 5) is 27.7. The molecule has 1 N–H and O–H groups in total. The highest BCUT2D eigenvalue weighted by molar-refractivity contribution is 7.92. The number of hydrogen-bond acceptors (Lipinski definition) is 4. The van der Waals surface area contributed by atoms with E-state index in [9.17, 15) is 22.4 Å². The minimum Gasteiger partial charge on any atom is -0.352 e. The third-order valence-corrected chi connectivity index (χ3v) is 6.94. The molecule has 0 spiro atoms. The van der Waals surface area contributed by atoms with E-state index in [4.69, 9.17) is 11.6 Å². The molecule has 2 aromatic rings. The van der Waals surface area contributed by atoms with E-state index >= 15 is 0 Å². The normalized spacial score (nSPS) is 12.3. The van der Waals surface area contributed by atoms with Gasteiger partial charge in [-0.25, -0.2) is 12.8 Å². The molecule has 0 radical (unpaired) electrons. The van der Waals surface area contributed by atoms with Crippen LogP contribution in [0, 0.1) is 5.82 Å². The van der Waals surface area contributed by atoms with Crippen LogP contribution in [0.1, 0.15) is 45.6 Å². The molecule has 2 aromatic carbocycles. The quantitative estimate of drug-likeness (QED) is 0.446. The lowest BCUT2D eigenvalue weighted by molar-refractivity contribution is -0.141. The lowest BCUT2D eigenvalue weighted by Gasteiger charge is -2.32. The van der Waals surface area contributed by atoms with Crippen LogP contribution < -0.4 is 9.62 Å². The number of anilines is 1. The summed E-state index contributed by atoms with van der Waals surface area (Å²) >= 11 is 6.32. The largest absolute Gasteiger partial charge is 0.352 e. The van der Waals surface area contributed by atoms with Gasteiger partial charge in [0, 0.05) is 30.6 Å². The fraction of sp³-hybridized carbons (Fsp3) is 0.440. The van der Waals surface area contributed by atoms with E-state index in [0.717, 1.165) is 10.6 Å². The van der Waals surface area contributed by atoms with E-state index < -0.39 is 21.9 Å². The molecule has 0 aromatic heterocycles. The summed E-state index contributed by atoms with van der Waals surface area (Å²) in [6.45, 7) is 5.55. The first-order valence-corrected chi connectivity index (χ1v) is 13.7. The van der Waals surface area contributed by atoms with Crippen LogP contribution in [0.2, 0.25) is 5.02 Å². The molecule has 0 saturated heterocycles. The number of carbonyl (C=O) groups is 2. The van der Waals surface area contributed by atoms with Crippen molar-refractivity contribution in [2.24, 2.45) is 0 Å². The van der Waals surface area contributed by atoms with Crippen LogP contribution in [-0.4, -0.2) is 50.0 Å². The summed E-state index contributed by atoms with van der Waals surface area (Å²) in [6, 6.07) is 11.9. The third kappa shape index (κ3) is 8.21. The van der Waals surface area contributed by atoms with Crippen LogP contribution >= 0.6 is 11.6 Å². The van der Waals surface area contributed by atoms with Crippen molar-refractivity contribution in [3.05, 3.63) is 64.9 Å². The predicted octanol–water partition coefficient (Wildman–Crippen LogP) is 4.36. The van der Waals surface area contributed by atoms with Crippen molar-refractivity contribution < 1.29 is 22.4 Å². The first-order chi connectivity index (χ1) is 16.5. The Kier molecular flexibility index (Phi) is 10.5. The Hall–Kier alpha value is -2.65. The molecule has 0 fully saturated rings. The Balaban J connectivity index is 2.24. The zero-order valence-electron chi connectivity index (χ0n) is 20.5. The van der Waals surface area contributed by atoms with Gasteiger partial charge in [-0.15, -0.1) is 0 Å². The first kappa shape index (κ1) is 28.6. The molecule has 0 bridgehead atoms. The van der Waals surface area contributed by atoms with Gasteiger partial charge in [0.1, 0.15) is 11.9 Å². The van der Waals surface area contributed by atoms with Crippen molar-refractivity contribution in [3.8, 4) is 0 Å². The number of para-hydroxylation sites is 1. The molecule has 35 heavy (non-hydrogen) atoms. The fourth-order valence-electron chi connectivity index (χ4n) is 3.75. The SMILES string of the molecule is CCC(C(=O)NC(C)C)N(Cc1ccccc1Cl)C(=O)CCCN(c1ccccc1F)S(C)(=O)=O. The number of amides is 2. The lowest BCUT2D eigenvalue weighted by Crippen LogP contribution is -2.50. The Morgan fingerprint density at radius 1 is 1.09 bits per heavy atom. The van der Waals surface area contributed by atoms with E-state index in [0.29, 0.717) is 17.0 Å². The van der Waals surface area contributed by atoms with Gasteiger partial charge in [-0.1, -0.05) is 48.9 Å². The highest BCUT2D eigenvalue weighted by Gasteiger charge is 2.29. The summed E-state index contributed by atoms with van der Waals surface area (Å²) < 4.78 is 39.9. The number of sulfonamides is 1. The highest BCUT2D eigenvalue weighted by atomic mass is 35.5. The maximum atomic E-state index is 14.3. The van der Waals surface area contributed by atoms with Gasteiger partial charge < -0.3 is 10.2 Å². The smallest absolute Gasteiger partial charge is 0.243 e. The number of halogens is 2. The topological polar surface area (TPSA) is 86.8 Å². The van der Waals surface area contributed by atoms with Gasteiger partial charge in [0.2, 0.25) is 21.8 Å². The Bertz CT molecular complexity index is 1130. The molecule has 2 rings (SSSR count). The van der Waals surface area contributed by atoms with E-state index in [1.54, 1.807) is 30.3 Å². The molecule has 0 saturated carbocycles. The van der Waals surface area contributed by atoms with Crippen LogP contribution in [0.5, 0.6) is 0 Å². The average Bonchev–Trinajstić information content (AvgIpc) is 2.77. The lowest BCUT2D eigenvalue weighted by atomic mass is 10.1. The Morgan fingerprint density at radius 2 is 1.71 bits per heavy atom. The molecule has 0 aliphatic rings. The summed E-state index contributed by atoms with van der Waals surface area (Å²) in [6.07, 6.45) is 1.49. The Labute approximate surface area is 212 Å². The Morgan fingerprint density at radius 3 is 2.29 bits per heavy atom. The highest BCUT2D eigenvalue weighted by Crippen LogP contribution is 2.23. The average molecular weight is 526 g/mol. The molecule has 1 atom stereocenters. The predicted molar refractivity (Wildman–Crippen MR) is 137 cm³/mol. The van der Waals surface area contributed by atoms with Crippen molar-refractivity contribution >= 4 is 39.1 Å². The van der Waals surface area contributed by atoms with Gasteiger partial charge in [-0.2, -0.15) is 0 Å².